The minimum atomic E-state index is -0.892. The lowest BCUT2D eigenvalue weighted by atomic mass is 9.96. The minimum Gasteiger partial charge on any atom is -0.308 e. The van der Waals surface area contributed by atoms with Gasteiger partial charge in [-0.05, 0) is 87.1 Å². The van der Waals surface area contributed by atoms with Crippen LogP contribution in [0.1, 0.15) is 45.8 Å². The number of barbiturate groups is 1. The van der Waals surface area contributed by atoms with E-state index in [0.717, 1.165) is 64.7 Å². The van der Waals surface area contributed by atoms with Crippen molar-refractivity contribution in [1.82, 2.24) is 9.88 Å². The molecule has 1 N–H and O–H groups in total. The minimum absolute atomic E-state index is 0.153. The number of aryl methyl sites for hydroxylation is 2. The number of nitrogens with one attached hydrogen (secondary N) is 1. The predicted molar refractivity (Wildman–Crippen MR) is 130 cm³/mol. The first-order valence-corrected chi connectivity index (χ1v) is 12.0. The molecule has 2 aliphatic rings. The zero-order chi connectivity index (χ0) is 24.9. The second-order valence-corrected chi connectivity index (χ2v) is 9.68. The van der Waals surface area contributed by atoms with Gasteiger partial charge in [0.05, 0.1) is 11.3 Å². The number of nitriles is 1. The number of benzene rings is 1. The number of carbonyl (C=O) groups is 3. The zero-order valence-corrected chi connectivity index (χ0v) is 20.0. The number of anilines is 1. The number of thiophene rings is 1. The second-order valence-electron chi connectivity index (χ2n) is 8.60. The SMILES string of the molecule is Cc1cc(C=C2C(=O)NC(=O)N(c3ccc(F)cc3)C2=O)c(C)n1-c1sc2c(c1C#N)CCCC2. The first kappa shape index (κ1) is 22.7. The summed E-state index contributed by atoms with van der Waals surface area (Å²) in [4.78, 5) is 40.2. The molecule has 0 unspecified atom stereocenters. The Morgan fingerprint density at radius 1 is 1.11 bits per heavy atom. The summed E-state index contributed by atoms with van der Waals surface area (Å²) in [6.45, 7) is 3.78. The highest BCUT2D eigenvalue weighted by Crippen LogP contribution is 2.38. The fourth-order valence-electron chi connectivity index (χ4n) is 4.71. The van der Waals surface area contributed by atoms with Crippen molar-refractivity contribution in [3.05, 3.63) is 74.7 Å². The summed E-state index contributed by atoms with van der Waals surface area (Å²) in [6, 6.07) is 8.21. The Morgan fingerprint density at radius 2 is 1.83 bits per heavy atom. The molecule has 3 heterocycles. The van der Waals surface area contributed by atoms with E-state index < -0.39 is 23.7 Å². The van der Waals surface area contributed by atoms with Gasteiger partial charge in [0.25, 0.3) is 11.8 Å². The fraction of sp³-hybridized carbons (Fsp3) is 0.231. The molecule has 4 amide bonds. The van der Waals surface area contributed by atoms with Gasteiger partial charge in [0, 0.05) is 16.3 Å². The molecule has 0 spiro atoms. The van der Waals surface area contributed by atoms with Gasteiger partial charge in [0.15, 0.2) is 0 Å². The largest absolute Gasteiger partial charge is 0.335 e. The van der Waals surface area contributed by atoms with Gasteiger partial charge >= 0.3 is 6.03 Å². The molecule has 0 saturated carbocycles. The van der Waals surface area contributed by atoms with Crippen LogP contribution in [0, 0.1) is 31.0 Å². The van der Waals surface area contributed by atoms with Crippen molar-refractivity contribution in [2.45, 2.75) is 39.5 Å². The van der Waals surface area contributed by atoms with Gasteiger partial charge in [-0.2, -0.15) is 5.26 Å². The van der Waals surface area contributed by atoms with Crippen LogP contribution in [0.3, 0.4) is 0 Å². The summed E-state index contributed by atoms with van der Waals surface area (Å²) >= 11 is 1.62. The molecule has 9 heteroatoms. The molecular weight excluding hydrogens is 467 g/mol. The zero-order valence-electron chi connectivity index (χ0n) is 19.1. The lowest BCUT2D eigenvalue weighted by molar-refractivity contribution is -0.122. The molecule has 1 fully saturated rings. The summed E-state index contributed by atoms with van der Waals surface area (Å²) in [7, 11) is 0. The first-order chi connectivity index (χ1) is 16.8. The van der Waals surface area contributed by atoms with Crippen LogP contribution >= 0.6 is 11.3 Å². The average Bonchev–Trinajstić information content (AvgIpc) is 3.33. The molecule has 1 aromatic carbocycles. The summed E-state index contributed by atoms with van der Waals surface area (Å²) in [5.74, 6) is -2.10. The van der Waals surface area contributed by atoms with Crippen molar-refractivity contribution in [3.63, 3.8) is 0 Å². The average molecular weight is 489 g/mol. The Bertz CT molecular complexity index is 1470. The van der Waals surface area contributed by atoms with Crippen LogP contribution in [0.5, 0.6) is 0 Å². The maximum atomic E-state index is 13.3. The Balaban J connectivity index is 1.57. The van der Waals surface area contributed by atoms with Crippen LogP contribution in [-0.2, 0) is 22.4 Å². The van der Waals surface area contributed by atoms with E-state index in [1.807, 2.05) is 24.5 Å². The van der Waals surface area contributed by atoms with Crippen molar-refractivity contribution in [3.8, 4) is 11.1 Å². The Labute approximate surface area is 205 Å². The van der Waals surface area contributed by atoms with Crippen LogP contribution in [0.15, 0.2) is 35.9 Å². The van der Waals surface area contributed by atoms with Gasteiger partial charge in [-0.1, -0.05) is 0 Å². The molecule has 1 aliphatic heterocycles. The van der Waals surface area contributed by atoms with Gasteiger partial charge in [-0.15, -0.1) is 11.3 Å². The van der Waals surface area contributed by atoms with Gasteiger partial charge in [0.1, 0.15) is 22.5 Å². The third-order valence-electron chi connectivity index (χ3n) is 6.42. The van der Waals surface area contributed by atoms with Crippen LogP contribution < -0.4 is 10.2 Å². The van der Waals surface area contributed by atoms with Gasteiger partial charge < -0.3 is 4.57 Å². The molecule has 7 nitrogen and oxygen atoms in total. The van der Waals surface area contributed by atoms with E-state index in [4.69, 9.17) is 0 Å². The van der Waals surface area contributed by atoms with Crippen LogP contribution in [0.25, 0.3) is 11.1 Å². The highest BCUT2D eigenvalue weighted by atomic mass is 32.1. The van der Waals surface area contributed by atoms with E-state index in [-0.39, 0.29) is 11.3 Å². The standard InChI is InChI=1S/C26H21FN4O3S/c1-14-11-16(15(2)30(14)25-21(13-28)19-5-3-4-6-22(19)35-25)12-20-23(32)29-26(34)31(24(20)33)18-9-7-17(27)8-10-18/h7-12H,3-6H2,1-2H3,(H,29,32,34). The lowest BCUT2D eigenvalue weighted by Crippen LogP contribution is -2.54. The summed E-state index contributed by atoms with van der Waals surface area (Å²) in [6.07, 6.45) is 5.50. The molecule has 35 heavy (non-hydrogen) atoms. The number of carbonyl (C=O) groups excluding carboxylic acids is 3. The molecule has 1 aliphatic carbocycles. The van der Waals surface area contributed by atoms with Gasteiger partial charge in [-0.25, -0.2) is 14.1 Å². The van der Waals surface area contributed by atoms with Crippen molar-refractivity contribution < 1.29 is 18.8 Å². The number of amides is 4. The van der Waals surface area contributed by atoms with Crippen molar-refractivity contribution >= 4 is 40.9 Å². The van der Waals surface area contributed by atoms with E-state index in [2.05, 4.69) is 11.4 Å². The molecule has 2 aromatic heterocycles. The maximum absolute atomic E-state index is 13.3. The normalized spacial score (nSPS) is 16.9. The lowest BCUT2D eigenvalue weighted by Gasteiger charge is -2.26. The molecule has 5 rings (SSSR count). The monoisotopic (exact) mass is 488 g/mol. The van der Waals surface area contributed by atoms with Crippen LogP contribution in [0.4, 0.5) is 14.9 Å². The molecule has 0 radical (unpaired) electrons. The predicted octanol–water partition coefficient (Wildman–Crippen LogP) is 4.71. The van der Waals surface area contributed by atoms with E-state index >= 15 is 0 Å². The Kier molecular flexibility index (Phi) is 5.61. The van der Waals surface area contributed by atoms with Crippen LogP contribution in [0.2, 0.25) is 0 Å². The van der Waals surface area contributed by atoms with Crippen LogP contribution in [-0.4, -0.2) is 22.4 Å². The van der Waals surface area contributed by atoms with Crippen molar-refractivity contribution in [1.29, 1.82) is 5.26 Å². The molecule has 176 valence electrons. The molecule has 1 saturated heterocycles. The number of urea groups is 1. The van der Waals surface area contributed by atoms with E-state index in [1.165, 1.54) is 23.1 Å². The number of nitrogens with zero attached hydrogens (tertiary/aromatic N) is 3. The number of halogens is 1. The molecule has 0 bridgehead atoms. The summed E-state index contributed by atoms with van der Waals surface area (Å²) in [5.41, 5.74) is 4.02. The number of hydrogen-bond acceptors (Lipinski definition) is 5. The van der Waals surface area contributed by atoms with E-state index in [1.54, 1.807) is 11.3 Å². The highest BCUT2D eigenvalue weighted by Gasteiger charge is 2.37. The highest BCUT2D eigenvalue weighted by molar-refractivity contribution is 7.15. The van der Waals surface area contributed by atoms with Gasteiger partial charge in [0.2, 0.25) is 0 Å². The smallest absolute Gasteiger partial charge is 0.308 e. The third-order valence-corrected chi connectivity index (χ3v) is 7.70. The van der Waals surface area contributed by atoms with E-state index in [9.17, 15) is 24.0 Å². The summed E-state index contributed by atoms with van der Waals surface area (Å²) < 4.78 is 15.3. The number of aromatic nitrogens is 1. The molecule has 0 atom stereocenters. The number of hydrogen-bond donors (Lipinski definition) is 1. The Hall–Kier alpha value is -4.03. The topological polar surface area (TPSA) is 95.2 Å². The maximum Gasteiger partial charge on any atom is 0.335 e. The molecular formula is C26H21FN4O3S. The van der Waals surface area contributed by atoms with Crippen molar-refractivity contribution in [2.24, 2.45) is 0 Å². The second kappa shape index (κ2) is 8.64. The van der Waals surface area contributed by atoms with Crippen molar-refractivity contribution in [2.75, 3.05) is 4.90 Å². The number of fused-ring (bicyclic) bond motifs is 1. The van der Waals surface area contributed by atoms with Gasteiger partial charge in [-0.3, -0.25) is 14.9 Å². The molecule has 3 aromatic rings. The summed E-state index contributed by atoms with van der Waals surface area (Å²) in [5, 5.41) is 12.9. The number of imide groups is 2. The fourth-order valence-corrected chi connectivity index (χ4v) is 6.16. The number of rotatable bonds is 3. The third kappa shape index (κ3) is 3.76. The van der Waals surface area contributed by atoms with E-state index in [0.29, 0.717) is 11.1 Å². The Morgan fingerprint density at radius 3 is 2.54 bits per heavy atom. The first-order valence-electron chi connectivity index (χ1n) is 11.2. The quantitative estimate of drug-likeness (QED) is 0.427.